The molecule has 0 spiro atoms. The van der Waals surface area contributed by atoms with Crippen LogP contribution < -0.4 is 0 Å². The van der Waals surface area contributed by atoms with Gasteiger partial charge in [0.25, 0.3) is 0 Å². The predicted octanol–water partition coefficient (Wildman–Crippen LogP) is 3.03. The second-order valence-corrected chi connectivity index (χ2v) is 8.58. The lowest BCUT2D eigenvalue weighted by atomic mass is 10.2. The van der Waals surface area contributed by atoms with E-state index in [0.717, 1.165) is 0 Å². The smallest absolute Gasteiger partial charge is 0.372 e. The lowest BCUT2D eigenvalue weighted by molar-refractivity contribution is 0.224. The molecule has 13 heavy (non-hydrogen) atoms. The van der Waals surface area contributed by atoms with Crippen LogP contribution in [-0.2, 0) is 8.85 Å². The highest BCUT2D eigenvalue weighted by atomic mass is 28.4. The third-order valence-electron chi connectivity index (χ3n) is 2.51. The van der Waals surface area contributed by atoms with Crippen LogP contribution in [-0.4, -0.2) is 22.8 Å². The van der Waals surface area contributed by atoms with Crippen molar-refractivity contribution in [1.82, 2.24) is 0 Å². The van der Waals surface area contributed by atoms with Gasteiger partial charge in [0.15, 0.2) is 0 Å². The maximum absolute atomic E-state index is 5.65. The SMILES string of the molecule is C/C=C(/C)[Si](OC)(OC)C(C)(C)C. The van der Waals surface area contributed by atoms with E-state index < -0.39 is 8.56 Å². The molecule has 0 aromatic rings. The number of hydrogen-bond donors (Lipinski definition) is 0. The monoisotopic (exact) mass is 202 g/mol. The Hall–Kier alpha value is -0.123. The maximum atomic E-state index is 5.65. The molecular formula is C10H22O2Si. The average molecular weight is 202 g/mol. The molecule has 0 bridgehead atoms. The van der Waals surface area contributed by atoms with Crippen molar-refractivity contribution in [3.8, 4) is 0 Å². The van der Waals surface area contributed by atoms with Gasteiger partial charge in [-0.2, -0.15) is 0 Å². The summed E-state index contributed by atoms with van der Waals surface area (Å²) in [5, 5.41) is 1.30. The van der Waals surface area contributed by atoms with E-state index in [1.807, 2.05) is 6.92 Å². The summed E-state index contributed by atoms with van der Waals surface area (Å²) in [4.78, 5) is 0. The minimum Gasteiger partial charge on any atom is -0.394 e. The molecule has 3 heteroatoms. The minimum atomic E-state index is -2.19. The Bertz CT molecular complexity index is 188. The molecule has 0 radical (unpaired) electrons. The van der Waals surface area contributed by atoms with E-state index in [4.69, 9.17) is 8.85 Å². The third-order valence-corrected chi connectivity index (χ3v) is 6.97. The lowest BCUT2D eigenvalue weighted by Gasteiger charge is -2.39. The van der Waals surface area contributed by atoms with Gasteiger partial charge in [0.1, 0.15) is 0 Å². The number of hydrogen-bond acceptors (Lipinski definition) is 2. The highest BCUT2D eigenvalue weighted by Crippen LogP contribution is 2.41. The molecule has 0 amide bonds. The summed E-state index contributed by atoms with van der Waals surface area (Å²) in [5.41, 5.74) is 0. The standard InChI is InChI=1S/C10H22O2Si/c1-8-9(2)13(11-6,12-7)10(3,4)5/h8H,1-7H3/b9-8-. The highest BCUT2D eigenvalue weighted by Gasteiger charge is 2.49. The summed E-state index contributed by atoms with van der Waals surface area (Å²) in [6.45, 7) is 10.6. The van der Waals surface area contributed by atoms with Crippen molar-refractivity contribution in [2.75, 3.05) is 14.2 Å². The summed E-state index contributed by atoms with van der Waals surface area (Å²) >= 11 is 0. The molecule has 78 valence electrons. The van der Waals surface area contributed by atoms with Gasteiger partial charge in [-0.1, -0.05) is 26.8 Å². The summed E-state index contributed by atoms with van der Waals surface area (Å²) in [7, 11) is 1.30. The predicted molar refractivity (Wildman–Crippen MR) is 58.9 cm³/mol. The molecule has 0 saturated heterocycles. The van der Waals surface area contributed by atoms with Crippen LogP contribution in [0, 0.1) is 0 Å². The highest BCUT2D eigenvalue weighted by molar-refractivity contribution is 6.77. The molecule has 0 unspecified atom stereocenters. The fourth-order valence-corrected chi connectivity index (χ4v) is 5.40. The summed E-state index contributed by atoms with van der Waals surface area (Å²) in [6, 6.07) is 0. The van der Waals surface area contributed by atoms with Crippen LogP contribution in [0.3, 0.4) is 0 Å². The van der Waals surface area contributed by atoms with Crippen LogP contribution in [0.4, 0.5) is 0 Å². The number of allylic oxidation sites excluding steroid dienone is 2. The zero-order valence-electron chi connectivity index (χ0n) is 9.89. The van der Waals surface area contributed by atoms with Gasteiger partial charge in [0.05, 0.1) is 0 Å². The topological polar surface area (TPSA) is 18.5 Å². The molecule has 2 nitrogen and oxygen atoms in total. The Morgan fingerprint density at radius 3 is 1.62 bits per heavy atom. The zero-order valence-corrected chi connectivity index (χ0v) is 10.9. The maximum Gasteiger partial charge on any atom is 0.372 e. The molecular weight excluding hydrogens is 180 g/mol. The van der Waals surface area contributed by atoms with Crippen molar-refractivity contribution in [3.63, 3.8) is 0 Å². The minimum absolute atomic E-state index is 0.0626. The first-order valence-corrected chi connectivity index (χ1v) is 6.41. The van der Waals surface area contributed by atoms with Crippen LogP contribution >= 0.6 is 0 Å². The molecule has 0 aliphatic rings. The van der Waals surface area contributed by atoms with Crippen LogP contribution in [0.1, 0.15) is 34.6 Å². The van der Waals surface area contributed by atoms with Crippen LogP contribution in [0.25, 0.3) is 0 Å². The van der Waals surface area contributed by atoms with E-state index in [0.29, 0.717) is 0 Å². The van der Waals surface area contributed by atoms with Gasteiger partial charge in [0, 0.05) is 19.3 Å². The van der Waals surface area contributed by atoms with Gasteiger partial charge in [-0.15, -0.1) is 0 Å². The molecule has 0 fully saturated rings. The second kappa shape index (κ2) is 4.40. The van der Waals surface area contributed by atoms with Gasteiger partial charge in [-0.05, 0) is 19.0 Å². The molecule has 0 aromatic carbocycles. The van der Waals surface area contributed by atoms with Gasteiger partial charge < -0.3 is 8.85 Å². The van der Waals surface area contributed by atoms with Crippen molar-refractivity contribution >= 4 is 8.56 Å². The molecule has 0 heterocycles. The normalized spacial score (nSPS) is 14.8. The zero-order chi connectivity index (χ0) is 10.7. The first-order chi connectivity index (χ1) is 5.85. The summed E-state index contributed by atoms with van der Waals surface area (Å²) in [5.74, 6) is 0. The molecule has 0 saturated carbocycles. The van der Waals surface area contributed by atoms with Crippen molar-refractivity contribution in [3.05, 3.63) is 11.3 Å². The fourth-order valence-electron chi connectivity index (χ4n) is 1.80. The van der Waals surface area contributed by atoms with Gasteiger partial charge in [-0.25, -0.2) is 0 Å². The van der Waals surface area contributed by atoms with E-state index in [-0.39, 0.29) is 5.04 Å². The van der Waals surface area contributed by atoms with E-state index in [2.05, 4.69) is 33.8 Å². The Morgan fingerprint density at radius 2 is 1.54 bits per heavy atom. The molecule has 0 aromatic heterocycles. The first kappa shape index (κ1) is 12.9. The Kier molecular flexibility index (Phi) is 4.36. The fraction of sp³-hybridized carbons (Fsp3) is 0.800. The molecule has 0 aliphatic carbocycles. The largest absolute Gasteiger partial charge is 0.394 e. The summed E-state index contributed by atoms with van der Waals surface area (Å²) < 4.78 is 11.3. The molecule has 0 rings (SSSR count). The van der Waals surface area contributed by atoms with Crippen LogP contribution in [0.15, 0.2) is 11.3 Å². The van der Waals surface area contributed by atoms with Gasteiger partial charge in [0.2, 0.25) is 0 Å². The van der Waals surface area contributed by atoms with Crippen molar-refractivity contribution in [2.45, 2.75) is 39.7 Å². The quantitative estimate of drug-likeness (QED) is 0.655. The Morgan fingerprint density at radius 1 is 1.15 bits per heavy atom. The first-order valence-electron chi connectivity index (χ1n) is 4.59. The molecule has 0 N–H and O–H groups in total. The van der Waals surface area contributed by atoms with Crippen LogP contribution in [0.5, 0.6) is 0 Å². The lowest BCUT2D eigenvalue weighted by Crippen LogP contribution is -2.50. The Labute approximate surface area is 83.2 Å². The van der Waals surface area contributed by atoms with Gasteiger partial charge in [-0.3, -0.25) is 0 Å². The third kappa shape index (κ3) is 2.21. The van der Waals surface area contributed by atoms with E-state index in [9.17, 15) is 0 Å². The van der Waals surface area contributed by atoms with Crippen molar-refractivity contribution in [1.29, 1.82) is 0 Å². The summed E-state index contributed by atoms with van der Waals surface area (Å²) in [6.07, 6.45) is 2.09. The number of rotatable bonds is 3. The van der Waals surface area contributed by atoms with Crippen molar-refractivity contribution < 1.29 is 8.85 Å². The van der Waals surface area contributed by atoms with Crippen molar-refractivity contribution in [2.24, 2.45) is 0 Å². The molecule has 0 atom stereocenters. The van der Waals surface area contributed by atoms with Crippen LogP contribution in [0.2, 0.25) is 5.04 Å². The van der Waals surface area contributed by atoms with E-state index in [1.54, 1.807) is 14.2 Å². The molecule has 0 aliphatic heterocycles. The van der Waals surface area contributed by atoms with E-state index >= 15 is 0 Å². The van der Waals surface area contributed by atoms with Gasteiger partial charge >= 0.3 is 8.56 Å². The Balaban J connectivity index is 5.16. The second-order valence-electron chi connectivity index (χ2n) is 4.25. The average Bonchev–Trinajstić information content (AvgIpc) is 2.04. The van der Waals surface area contributed by atoms with E-state index in [1.165, 1.54) is 5.20 Å².